The van der Waals surface area contributed by atoms with Crippen molar-refractivity contribution in [1.82, 2.24) is 20.0 Å². The van der Waals surface area contributed by atoms with Crippen LogP contribution >= 0.6 is 0 Å². The third-order valence-electron chi connectivity index (χ3n) is 5.70. The van der Waals surface area contributed by atoms with Gasteiger partial charge in [-0.15, -0.1) is 0 Å². The van der Waals surface area contributed by atoms with Crippen LogP contribution in [-0.2, 0) is 9.59 Å². The maximum atomic E-state index is 13.0. The van der Waals surface area contributed by atoms with Gasteiger partial charge in [0, 0.05) is 32.1 Å². The predicted molar refractivity (Wildman–Crippen MR) is 97.8 cm³/mol. The number of piperidine rings is 2. The van der Waals surface area contributed by atoms with Gasteiger partial charge in [-0.1, -0.05) is 5.16 Å². The quantitative estimate of drug-likeness (QED) is 0.849. The lowest BCUT2D eigenvalue weighted by Crippen LogP contribution is -2.48. The van der Waals surface area contributed by atoms with Crippen molar-refractivity contribution < 1.29 is 14.1 Å². The number of primary amides is 1. The van der Waals surface area contributed by atoms with Crippen LogP contribution in [0.5, 0.6) is 0 Å². The topological polar surface area (TPSA) is 118 Å². The number of aryl methyl sites for hydroxylation is 1. The minimum Gasteiger partial charge on any atom is -0.369 e. The van der Waals surface area contributed by atoms with Crippen molar-refractivity contribution in [2.45, 2.75) is 32.6 Å². The molecule has 9 nitrogen and oxygen atoms in total. The average molecular weight is 372 g/mol. The van der Waals surface area contributed by atoms with Crippen molar-refractivity contribution in [3.63, 3.8) is 0 Å². The summed E-state index contributed by atoms with van der Waals surface area (Å²) in [5.41, 5.74) is 6.61. The first-order chi connectivity index (χ1) is 13.0. The molecule has 2 fully saturated rings. The average Bonchev–Trinajstić information content (AvgIpc) is 3.09. The number of anilines is 1. The van der Waals surface area contributed by atoms with Crippen LogP contribution in [0, 0.1) is 18.8 Å². The highest BCUT2D eigenvalue weighted by Crippen LogP contribution is 2.30. The summed E-state index contributed by atoms with van der Waals surface area (Å²) in [6.45, 7) is 4.53. The predicted octanol–water partition coefficient (Wildman–Crippen LogP) is 0.867. The molecule has 9 heteroatoms. The van der Waals surface area contributed by atoms with Crippen molar-refractivity contribution in [2.75, 3.05) is 31.1 Å². The van der Waals surface area contributed by atoms with Gasteiger partial charge >= 0.3 is 0 Å². The van der Waals surface area contributed by atoms with Crippen molar-refractivity contribution in [3.05, 3.63) is 12.0 Å². The Kier molecular flexibility index (Phi) is 4.67. The van der Waals surface area contributed by atoms with Gasteiger partial charge in [0.1, 0.15) is 17.5 Å². The number of hydrogen-bond donors (Lipinski definition) is 1. The molecule has 0 bridgehead atoms. The van der Waals surface area contributed by atoms with Gasteiger partial charge in [-0.25, -0.2) is 4.98 Å². The number of nitrogens with zero attached hydrogens (tertiary/aromatic N) is 5. The van der Waals surface area contributed by atoms with Gasteiger partial charge < -0.3 is 20.1 Å². The van der Waals surface area contributed by atoms with Crippen LogP contribution in [-0.4, -0.2) is 58.0 Å². The highest BCUT2D eigenvalue weighted by Gasteiger charge is 2.33. The fourth-order valence-electron chi connectivity index (χ4n) is 4.16. The Morgan fingerprint density at radius 3 is 2.67 bits per heavy atom. The minimum absolute atomic E-state index is 0.0749. The lowest BCUT2D eigenvalue weighted by atomic mass is 9.92. The van der Waals surface area contributed by atoms with Gasteiger partial charge in [-0.05, 0) is 32.6 Å². The summed E-state index contributed by atoms with van der Waals surface area (Å²) in [6, 6.07) is 0. The van der Waals surface area contributed by atoms with Crippen molar-refractivity contribution in [3.8, 4) is 0 Å². The van der Waals surface area contributed by atoms with E-state index in [4.69, 9.17) is 10.3 Å². The standard InChI is InChI=1S/C18H24N6O3/c1-11-14-16(20-10-21-17(14)27-22-11)24-6-2-3-13(9-24)18(26)23-7-4-12(5-8-23)15(19)25/h10,12-13H,2-9H2,1H3,(H2,19,25)/t13-/m0/s1. The Hall–Kier alpha value is -2.71. The zero-order chi connectivity index (χ0) is 19.0. The second-order valence-electron chi connectivity index (χ2n) is 7.43. The largest absolute Gasteiger partial charge is 0.369 e. The van der Waals surface area contributed by atoms with Crippen molar-refractivity contribution in [2.24, 2.45) is 17.6 Å². The summed E-state index contributed by atoms with van der Waals surface area (Å²) in [7, 11) is 0. The summed E-state index contributed by atoms with van der Waals surface area (Å²) in [4.78, 5) is 36.9. The van der Waals surface area contributed by atoms with E-state index in [1.54, 1.807) is 0 Å². The summed E-state index contributed by atoms with van der Waals surface area (Å²) in [5.74, 6) is 0.498. The van der Waals surface area contributed by atoms with Crippen molar-refractivity contribution in [1.29, 1.82) is 0 Å². The highest BCUT2D eigenvalue weighted by molar-refractivity contribution is 5.88. The summed E-state index contributed by atoms with van der Waals surface area (Å²) in [6.07, 6.45) is 4.57. The van der Waals surface area contributed by atoms with Crippen LogP contribution in [0.15, 0.2) is 10.9 Å². The molecule has 2 aromatic heterocycles. The maximum Gasteiger partial charge on any atom is 0.263 e. The van der Waals surface area contributed by atoms with E-state index in [1.165, 1.54) is 6.33 Å². The smallest absolute Gasteiger partial charge is 0.263 e. The fourth-order valence-corrected chi connectivity index (χ4v) is 4.16. The first-order valence-electron chi connectivity index (χ1n) is 9.44. The number of carbonyl (C=O) groups is 2. The third kappa shape index (κ3) is 3.33. The molecule has 1 atom stereocenters. The van der Waals surface area contributed by atoms with Gasteiger partial charge in [0.05, 0.1) is 11.6 Å². The normalized spacial score (nSPS) is 21.6. The fraction of sp³-hybridized carbons (Fsp3) is 0.611. The number of nitrogens with two attached hydrogens (primary N) is 1. The molecule has 2 aliphatic rings. The van der Waals surface area contributed by atoms with E-state index in [1.807, 2.05) is 11.8 Å². The molecule has 4 rings (SSSR count). The van der Waals surface area contributed by atoms with E-state index in [0.29, 0.717) is 38.2 Å². The number of rotatable bonds is 3. The molecule has 0 saturated carbocycles. The zero-order valence-corrected chi connectivity index (χ0v) is 15.4. The second-order valence-corrected chi connectivity index (χ2v) is 7.43. The lowest BCUT2D eigenvalue weighted by Gasteiger charge is -2.37. The molecule has 27 heavy (non-hydrogen) atoms. The molecule has 0 aromatic carbocycles. The molecular formula is C18H24N6O3. The first-order valence-corrected chi connectivity index (χ1v) is 9.44. The van der Waals surface area contributed by atoms with Gasteiger partial charge in [-0.3, -0.25) is 9.59 Å². The summed E-state index contributed by atoms with van der Waals surface area (Å²) in [5, 5.41) is 4.80. The van der Waals surface area contributed by atoms with Crippen LogP contribution in [0.4, 0.5) is 5.82 Å². The number of amides is 2. The lowest BCUT2D eigenvalue weighted by molar-refractivity contribution is -0.138. The Morgan fingerprint density at radius 2 is 1.93 bits per heavy atom. The van der Waals surface area contributed by atoms with Crippen LogP contribution < -0.4 is 10.6 Å². The van der Waals surface area contributed by atoms with Crippen LogP contribution in [0.3, 0.4) is 0 Å². The van der Waals surface area contributed by atoms with E-state index >= 15 is 0 Å². The summed E-state index contributed by atoms with van der Waals surface area (Å²) < 4.78 is 5.24. The monoisotopic (exact) mass is 372 g/mol. The first kappa shape index (κ1) is 17.7. The minimum atomic E-state index is -0.261. The number of hydrogen-bond acceptors (Lipinski definition) is 7. The number of carbonyl (C=O) groups excluding carboxylic acids is 2. The molecule has 4 heterocycles. The Bertz CT molecular complexity index is 858. The molecule has 2 N–H and O–H groups in total. The molecule has 2 saturated heterocycles. The Morgan fingerprint density at radius 1 is 1.15 bits per heavy atom. The highest BCUT2D eigenvalue weighted by atomic mass is 16.5. The van der Waals surface area contributed by atoms with Crippen LogP contribution in [0.25, 0.3) is 11.1 Å². The van der Waals surface area contributed by atoms with Gasteiger partial charge in [-0.2, -0.15) is 4.98 Å². The maximum absolute atomic E-state index is 13.0. The van der Waals surface area contributed by atoms with Gasteiger partial charge in [0.25, 0.3) is 5.71 Å². The van der Waals surface area contributed by atoms with Gasteiger partial charge in [0.15, 0.2) is 0 Å². The van der Waals surface area contributed by atoms with Crippen molar-refractivity contribution >= 4 is 28.7 Å². The summed E-state index contributed by atoms with van der Waals surface area (Å²) >= 11 is 0. The molecular weight excluding hydrogens is 348 g/mol. The van der Waals surface area contributed by atoms with E-state index in [0.717, 1.165) is 36.3 Å². The molecule has 0 spiro atoms. The Balaban J connectivity index is 1.47. The molecule has 144 valence electrons. The second kappa shape index (κ2) is 7.13. The van der Waals surface area contributed by atoms with Crippen LogP contribution in [0.2, 0.25) is 0 Å². The Labute approximate surface area is 156 Å². The van der Waals surface area contributed by atoms with E-state index in [9.17, 15) is 9.59 Å². The SMILES string of the molecule is Cc1noc2ncnc(N3CCC[C@H](C(=O)N4CCC(C(N)=O)CC4)C3)c12. The zero-order valence-electron chi connectivity index (χ0n) is 15.4. The van der Waals surface area contributed by atoms with E-state index < -0.39 is 0 Å². The number of aromatic nitrogens is 3. The number of fused-ring (bicyclic) bond motifs is 1. The van der Waals surface area contributed by atoms with E-state index in [2.05, 4.69) is 20.0 Å². The molecule has 2 aliphatic heterocycles. The third-order valence-corrected chi connectivity index (χ3v) is 5.70. The van der Waals surface area contributed by atoms with E-state index in [-0.39, 0.29) is 23.7 Å². The number of likely N-dealkylation sites (tertiary alicyclic amines) is 1. The molecule has 2 aromatic rings. The molecule has 2 amide bonds. The van der Waals surface area contributed by atoms with Crippen LogP contribution in [0.1, 0.15) is 31.4 Å². The molecule has 0 radical (unpaired) electrons. The molecule has 0 aliphatic carbocycles. The van der Waals surface area contributed by atoms with Gasteiger partial charge in [0.2, 0.25) is 11.8 Å². The molecule has 0 unspecified atom stereocenters.